The molecule has 25 heavy (non-hydrogen) atoms. The Morgan fingerprint density at radius 2 is 1.88 bits per heavy atom. The average molecular weight is 348 g/mol. The number of nitrogens with zero attached hydrogens (tertiary/aromatic N) is 1. The summed E-state index contributed by atoms with van der Waals surface area (Å²) >= 11 is 0. The van der Waals surface area contributed by atoms with Gasteiger partial charge in [-0.25, -0.2) is 4.39 Å². The van der Waals surface area contributed by atoms with Gasteiger partial charge in [-0.05, 0) is 56.4 Å². The molecule has 1 aromatic heterocycles. The summed E-state index contributed by atoms with van der Waals surface area (Å²) < 4.78 is 23.9. The van der Waals surface area contributed by atoms with Crippen molar-refractivity contribution in [3.8, 4) is 5.75 Å². The molecule has 136 valence electrons. The van der Waals surface area contributed by atoms with Crippen LogP contribution in [-0.4, -0.2) is 37.5 Å². The highest BCUT2D eigenvalue weighted by Gasteiger charge is 2.18. The second kappa shape index (κ2) is 8.67. The smallest absolute Gasteiger partial charge is 0.287 e. The fourth-order valence-electron chi connectivity index (χ4n) is 2.56. The lowest BCUT2D eigenvalue weighted by atomic mass is 10.0. The molecule has 0 bridgehead atoms. The van der Waals surface area contributed by atoms with Gasteiger partial charge in [0, 0.05) is 12.6 Å². The maximum atomic E-state index is 12.8. The molecule has 0 aliphatic heterocycles. The van der Waals surface area contributed by atoms with Crippen LogP contribution in [0.3, 0.4) is 0 Å². The molecular formula is C19H25FN2O3. The first-order valence-electron chi connectivity index (χ1n) is 8.28. The number of carbonyl (C=O) groups is 1. The molecule has 6 heteroatoms. The van der Waals surface area contributed by atoms with E-state index in [1.807, 2.05) is 14.1 Å². The fourth-order valence-corrected chi connectivity index (χ4v) is 2.56. The fraction of sp³-hybridized carbons (Fsp3) is 0.421. The topological polar surface area (TPSA) is 54.7 Å². The molecule has 1 atom stereocenters. The van der Waals surface area contributed by atoms with Gasteiger partial charge < -0.3 is 19.4 Å². The summed E-state index contributed by atoms with van der Waals surface area (Å²) in [5, 5.41) is 2.90. The van der Waals surface area contributed by atoms with Crippen LogP contribution in [0.2, 0.25) is 0 Å². The predicted octanol–water partition coefficient (Wildman–Crippen LogP) is 3.31. The maximum Gasteiger partial charge on any atom is 0.287 e. The van der Waals surface area contributed by atoms with Crippen LogP contribution >= 0.6 is 0 Å². The van der Waals surface area contributed by atoms with E-state index in [4.69, 9.17) is 9.15 Å². The van der Waals surface area contributed by atoms with Gasteiger partial charge in [0.2, 0.25) is 0 Å². The lowest BCUT2D eigenvalue weighted by molar-refractivity contribution is 0.0903. The number of ether oxygens (including phenoxy) is 1. The van der Waals surface area contributed by atoms with Gasteiger partial charge in [0.1, 0.15) is 23.9 Å². The minimum Gasteiger partial charge on any atom is -0.486 e. The van der Waals surface area contributed by atoms with Gasteiger partial charge >= 0.3 is 0 Å². The van der Waals surface area contributed by atoms with E-state index in [9.17, 15) is 9.18 Å². The Labute approximate surface area is 147 Å². The molecule has 0 saturated heterocycles. The molecule has 0 saturated carbocycles. The highest BCUT2D eigenvalue weighted by molar-refractivity contribution is 5.91. The van der Waals surface area contributed by atoms with E-state index in [2.05, 4.69) is 24.1 Å². The summed E-state index contributed by atoms with van der Waals surface area (Å²) in [5.74, 6) is 1.17. The maximum absolute atomic E-state index is 12.8. The average Bonchev–Trinajstić information content (AvgIpc) is 3.03. The Kier molecular flexibility index (Phi) is 6.58. The van der Waals surface area contributed by atoms with Crippen molar-refractivity contribution in [1.29, 1.82) is 0 Å². The first-order valence-corrected chi connectivity index (χ1v) is 8.28. The van der Waals surface area contributed by atoms with Crippen LogP contribution in [0.1, 0.15) is 30.2 Å². The van der Waals surface area contributed by atoms with Crippen molar-refractivity contribution in [2.45, 2.75) is 26.5 Å². The number of nitrogens with one attached hydrogen (secondary N) is 1. The second-order valence-corrected chi connectivity index (χ2v) is 6.49. The molecule has 0 fully saturated rings. The molecule has 1 amide bonds. The summed E-state index contributed by atoms with van der Waals surface area (Å²) in [4.78, 5) is 14.3. The van der Waals surface area contributed by atoms with Crippen molar-refractivity contribution in [2.75, 3.05) is 20.6 Å². The van der Waals surface area contributed by atoms with Crippen molar-refractivity contribution in [1.82, 2.24) is 10.2 Å². The van der Waals surface area contributed by atoms with Crippen molar-refractivity contribution < 1.29 is 18.3 Å². The third kappa shape index (κ3) is 5.60. The van der Waals surface area contributed by atoms with E-state index in [0.717, 1.165) is 0 Å². The molecule has 0 aliphatic carbocycles. The van der Waals surface area contributed by atoms with Gasteiger partial charge in [-0.15, -0.1) is 0 Å². The van der Waals surface area contributed by atoms with E-state index < -0.39 is 0 Å². The molecule has 1 heterocycles. The van der Waals surface area contributed by atoms with E-state index in [1.165, 1.54) is 12.1 Å². The third-order valence-electron chi connectivity index (χ3n) is 3.98. The minimum absolute atomic E-state index is 0.172. The molecule has 5 nitrogen and oxygen atoms in total. The second-order valence-electron chi connectivity index (χ2n) is 6.49. The van der Waals surface area contributed by atoms with Gasteiger partial charge in [-0.1, -0.05) is 13.8 Å². The Balaban J connectivity index is 1.87. The van der Waals surface area contributed by atoms with Crippen LogP contribution in [0.15, 0.2) is 40.8 Å². The number of likely N-dealkylation sites (N-methyl/N-ethyl adjacent to an activating group) is 1. The van der Waals surface area contributed by atoms with E-state index in [1.54, 1.807) is 24.3 Å². The van der Waals surface area contributed by atoms with E-state index in [0.29, 0.717) is 24.0 Å². The molecule has 0 aliphatic rings. The predicted molar refractivity (Wildman–Crippen MR) is 94.1 cm³/mol. The number of carbonyl (C=O) groups excluding carboxylic acids is 1. The zero-order valence-corrected chi connectivity index (χ0v) is 15.1. The first-order chi connectivity index (χ1) is 11.9. The molecule has 2 aromatic rings. The Bertz CT molecular complexity index is 672. The Morgan fingerprint density at radius 3 is 2.48 bits per heavy atom. The molecule has 1 aromatic carbocycles. The van der Waals surface area contributed by atoms with Gasteiger partial charge in [0.25, 0.3) is 5.91 Å². The number of hydrogen-bond donors (Lipinski definition) is 1. The molecule has 2 rings (SSSR count). The Morgan fingerprint density at radius 1 is 1.20 bits per heavy atom. The number of rotatable bonds is 8. The van der Waals surface area contributed by atoms with Gasteiger partial charge in [-0.2, -0.15) is 0 Å². The third-order valence-corrected chi connectivity index (χ3v) is 3.98. The van der Waals surface area contributed by atoms with Crippen LogP contribution in [-0.2, 0) is 6.61 Å². The molecule has 1 N–H and O–H groups in total. The van der Waals surface area contributed by atoms with Crippen molar-refractivity contribution in [2.24, 2.45) is 5.92 Å². The molecule has 0 radical (unpaired) electrons. The minimum atomic E-state index is -0.318. The lowest BCUT2D eigenvalue weighted by Crippen LogP contribution is -2.43. The summed E-state index contributed by atoms with van der Waals surface area (Å²) in [6.07, 6.45) is 0. The summed E-state index contributed by atoms with van der Waals surface area (Å²) in [7, 11) is 3.99. The quantitative estimate of drug-likeness (QED) is 0.795. The summed E-state index contributed by atoms with van der Waals surface area (Å²) in [6.45, 7) is 4.96. The standard InChI is InChI=1S/C19H25FN2O3/c1-13(2)17(22(3)4)11-21-19(23)18-10-9-16(25-18)12-24-15-7-5-14(20)6-8-15/h5-10,13,17H,11-12H2,1-4H3,(H,21,23). The lowest BCUT2D eigenvalue weighted by Gasteiger charge is -2.27. The van der Waals surface area contributed by atoms with E-state index >= 15 is 0 Å². The summed E-state index contributed by atoms with van der Waals surface area (Å²) in [6, 6.07) is 9.31. The largest absolute Gasteiger partial charge is 0.486 e. The van der Waals surface area contributed by atoms with Gasteiger partial charge in [-0.3, -0.25) is 4.79 Å². The SMILES string of the molecule is CC(C)C(CNC(=O)c1ccc(COc2ccc(F)cc2)o1)N(C)C. The van der Waals surface area contributed by atoms with Crippen molar-refractivity contribution >= 4 is 5.91 Å². The number of hydrogen-bond acceptors (Lipinski definition) is 4. The van der Waals surface area contributed by atoms with Crippen molar-refractivity contribution in [3.05, 3.63) is 53.7 Å². The number of amides is 1. The van der Waals surface area contributed by atoms with E-state index in [-0.39, 0.29) is 30.1 Å². The van der Waals surface area contributed by atoms with Gasteiger partial charge in [0.05, 0.1) is 0 Å². The zero-order chi connectivity index (χ0) is 18.4. The monoisotopic (exact) mass is 348 g/mol. The first kappa shape index (κ1) is 19.0. The molecule has 0 spiro atoms. The van der Waals surface area contributed by atoms with Gasteiger partial charge in [0.15, 0.2) is 5.76 Å². The number of benzene rings is 1. The summed E-state index contributed by atoms with van der Waals surface area (Å²) in [5.41, 5.74) is 0. The molecular weight excluding hydrogens is 323 g/mol. The normalized spacial score (nSPS) is 12.4. The van der Waals surface area contributed by atoms with Crippen LogP contribution in [0.4, 0.5) is 4.39 Å². The highest BCUT2D eigenvalue weighted by atomic mass is 19.1. The zero-order valence-electron chi connectivity index (χ0n) is 15.1. The van der Waals surface area contributed by atoms with Crippen LogP contribution in [0.25, 0.3) is 0 Å². The van der Waals surface area contributed by atoms with Crippen LogP contribution in [0, 0.1) is 11.7 Å². The number of furan rings is 1. The van der Waals surface area contributed by atoms with Crippen LogP contribution in [0.5, 0.6) is 5.75 Å². The van der Waals surface area contributed by atoms with Crippen molar-refractivity contribution in [3.63, 3.8) is 0 Å². The highest BCUT2D eigenvalue weighted by Crippen LogP contribution is 2.15. The molecule has 1 unspecified atom stereocenters. The Hall–Kier alpha value is -2.34. The van der Waals surface area contributed by atoms with Crippen LogP contribution < -0.4 is 10.1 Å². The number of halogens is 1.